The maximum atomic E-state index is 13.9. The minimum atomic E-state index is -0.954. The van der Waals surface area contributed by atoms with Crippen molar-refractivity contribution in [3.05, 3.63) is 49.1 Å². The summed E-state index contributed by atoms with van der Waals surface area (Å²) >= 11 is 0. The monoisotopic (exact) mass is 354 g/mol. The molecular weight excluding hydrogens is 335 g/mol. The third kappa shape index (κ3) is 3.37. The standard InChI is InChI=1S/C19H19FN4O2/c20-15-3-1-2-4-18(15)26-19-8-7-16(22-23-19)14-6-5-13(11-17(14)25)24-10-9-21-12-24/h5-12,15,18,25H,1-4H2/t15-,18-/m0/s1. The lowest BCUT2D eigenvalue weighted by atomic mass is 9.96. The Morgan fingerprint density at radius 1 is 1.12 bits per heavy atom. The molecule has 1 aliphatic rings. The molecule has 0 saturated heterocycles. The molecule has 0 bridgehead atoms. The Bertz CT molecular complexity index is 868. The van der Waals surface area contributed by atoms with Crippen molar-refractivity contribution in [3.8, 4) is 28.6 Å². The van der Waals surface area contributed by atoms with Gasteiger partial charge in [-0.15, -0.1) is 10.2 Å². The number of hydrogen-bond acceptors (Lipinski definition) is 5. The zero-order valence-electron chi connectivity index (χ0n) is 14.1. The van der Waals surface area contributed by atoms with Gasteiger partial charge in [-0.25, -0.2) is 9.37 Å². The predicted molar refractivity (Wildman–Crippen MR) is 94.0 cm³/mol. The SMILES string of the molecule is Oc1cc(-n2ccnc2)ccc1-c1ccc(O[C@H]2CCCC[C@@H]2F)nn1. The molecule has 0 aliphatic heterocycles. The molecule has 1 aromatic carbocycles. The maximum Gasteiger partial charge on any atom is 0.233 e. The Hall–Kier alpha value is -2.96. The van der Waals surface area contributed by atoms with Crippen molar-refractivity contribution in [2.45, 2.75) is 38.0 Å². The lowest BCUT2D eigenvalue weighted by molar-refractivity contribution is 0.0594. The fraction of sp³-hybridized carbons (Fsp3) is 0.316. The Morgan fingerprint density at radius 3 is 2.69 bits per heavy atom. The lowest BCUT2D eigenvalue weighted by Crippen LogP contribution is -2.32. The Kier molecular flexibility index (Phi) is 4.51. The van der Waals surface area contributed by atoms with Crippen LogP contribution in [-0.2, 0) is 0 Å². The van der Waals surface area contributed by atoms with Gasteiger partial charge in [0.2, 0.25) is 5.88 Å². The largest absolute Gasteiger partial charge is 0.507 e. The summed E-state index contributed by atoms with van der Waals surface area (Å²) in [5.74, 6) is 0.396. The molecule has 4 rings (SSSR count). The lowest BCUT2D eigenvalue weighted by Gasteiger charge is -2.25. The van der Waals surface area contributed by atoms with Gasteiger partial charge in [-0.3, -0.25) is 0 Å². The van der Waals surface area contributed by atoms with E-state index in [0.717, 1.165) is 18.5 Å². The molecule has 26 heavy (non-hydrogen) atoms. The molecule has 0 amide bonds. The molecule has 2 aromatic heterocycles. The number of halogens is 1. The molecule has 1 fully saturated rings. The number of phenolic OH excluding ortho intramolecular Hbond substituents is 1. The summed E-state index contributed by atoms with van der Waals surface area (Å²) in [6.07, 6.45) is 6.82. The van der Waals surface area contributed by atoms with Gasteiger partial charge >= 0.3 is 0 Å². The first-order valence-electron chi connectivity index (χ1n) is 8.67. The molecule has 0 spiro atoms. The van der Waals surface area contributed by atoms with Crippen LogP contribution in [0.4, 0.5) is 4.39 Å². The van der Waals surface area contributed by atoms with E-state index in [0.29, 0.717) is 30.0 Å². The molecule has 134 valence electrons. The van der Waals surface area contributed by atoms with Crippen LogP contribution in [0.3, 0.4) is 0 Å². The van der Waals surface area contributed by atoms with Crippen molar-refractivity contribution in [2.24, 2.45) is 0 Å². The normalized spacial score (nSPS) is 20.0. The van der Waals surface area contributed by atoms with Crippen LogP contribution in [-0.4, -0.2) is 37.1 Å². The number of phenols is 1. The number of benzene rings is 1. The number of nitrogens with zero attached hydrogens (tertiary/aromatic N) is 4. The number of ether oxygens (including phenoxy) is 1. The molecular formula is C19H19FN4O2. The zero-order valence-corrected chi connectivity index (χ0v) is 14.1. The van der Waals surface area contributed by atoms with Crippen molar-refractivity contribution in [1.82, 2.24) is 19.7 Å². The number of alkyl halides is 1. The third-order valence-electron chi connectivity index (χ3n) is 4.59. The van der Waals surface area contributed by atoms with E-state index >= 15 is 0 Å². The number of rotatable bonds is 4. The van der Waals surface area contributed by atoms with Gasteiger partial charge in [0.25, 0.3) is 0 Å². The van der Waals surface area contributed by atoms with Crippen molar-refractivity contribution in [1.29, 1.82) is 0 Å². The van der Waals surface area contributed by atoms with E-state index in [1.54, 1.807) is 47.6 Å². The van der Waals surface area contributed by atoms with E-state index in [1.807, 2.05) is 6.07 Å². The second-order valence-electron chi connectivity index (χ2n) is 6.38. The maximum absolute atomic E-state index is 13.9. The average Bonchev–Trinajstić information content (AvgIpc) is 3.19. The van der Waals surface area contributed by atoms with Crippen LogP contribution in [0.15, 0.2) is 49.1 Å². The van der Waals surface area contributed by atoms with E-state index in [2.05, 4.69) is 15.2 Å². The summed E-state index contributed by atoms with van der Waals surface area (Å²) in [4.78, 5) is 3.99. The number of aromatic hydroxyl groups is 1. The molecule has 3 aromatic rings. The molecule has 1 N–H and O–H groups in total. The van der Waals surface area contributed by atoms with Gasteiger partial charge in [-0.2, -0.15) is 0 Å². The van der Waals surface area contributed by atoms with Gasteiger partial charge in [0, 0.05) is 30.1 Å². The number of aromatic nitrogens is 4. The highest BCUT2D eigenvalue weighted by Crippen LogP contribution is 2.30. The van der Waals surface area contributed by atoms with Crippen molar-refractivity contribution >= 4 is 0 Å². The minimum absolute atomic E-state index is 0.0928. The van der Waals surface area contributed by atoms with Gasteiger partial charge in [0.15, 0.2) is 0 Å². The molecule has 0 radical (unpaired) electrons. The quantitative estimate of drug-likeness (QED) is 0.773. The molecule has 7 heteroatoms. The average molecular weight is 354 g/mol. The predicted octanol–water partition coefficient (Wildman–Crippen LogP) is 3.69. The summed E-state index contributed by atoms with van der Waals surface area (Å²) in [6.45, 7) is 0. The van der Waals surface area contributed by atoms with Gasteiger partial charge < -0.3 is 14.4 Å². The van der Waals surface area contributed by atoms with Crippen LogP contribution >= 0.6 is 0 Å². The first-order valence-corrected chi connectivity index (χ1v) is 8.67. The number of hydrogen-bond donors (Lipinski definition) is 1. The van der Waals surface area contributed by atoms with E-state index in [1.165, 1.54) is 0 Å². The Labute approximate surface area is 150 Å². The van der Waals surface area contributed by atoms with E-state index in [-0.39, 0.29) is 5.75 Å². The van der Waals surface area contributed by atoms with Gasteiger partial charge in [-0.1, -0.05) is 6.42 Å². The Morgan fingerprint density at radius 2 is 2.00 bits per heavy atom. The van der Waals surface area contributed by atoms with E-state index < -0.39 is 12.3 Å². The van der Waals surface area contributed by atoms with Crippen LogP contribution in [0.5, 0.6) is 11.6 Å². The smallest absolute Gasteiger partial charge is 0.233 e. The topological polar surface area (TPSA) is 73.1 Å². The zero-order chi connectivity index (χ0) is 17.9. The molecule has 6 nitrogen and oxygen atoms in total. The molecule has 2 atom stereocenters. The summed E-state index contributed by atoms with van der Waals surface area (Å²) in [6, 6.07) is 8.64. The Balaban J connectivity index is 1.51. The second-order valence-corrected chi connectivity index (χ2v) is 6.38. The molecule has 1 aliphatic carbocycles. The van der Waals surface area contributed by atoms with Crippen LogP contribution in [0, 0.1) is 0 Å². The fourth-order valence-corrected chi connectivity index (χ4v) is 3.18. The van der Waals surface area contributed by atoms with Crippen LogP contribution in [0.25, 0.3) is 16.9 Å². The fourth-order valence-electron chi connectivity index (χ4n) is 3.18. The highest BCUT2D eigenvalue weighted by atomic mass is 19.1. The summed E-state index contributed by atoms with van der Waals surface area (Å²) in [5, 5.41) is 18.5. The van der Waals surface area contributed by atoms with E-state index in [4.69, 9.17) is 4.74 Å². The van der Waals surface area contributed by atoms with Crippen LogP contribution in [0.1, 0.15) is 25.7 Å². The van der Waals surface area contributed by atoms with Gasteiger partial charge in [0.05, 0.1) is 17.7 Å². The molecule has 1 saturated carbocycles. The summed E-state index contributed by atoms with van der Waals surface area (Å²) < 4.78 is 21.3. The highest BCUT2D eigenvalue weighted by molar-refractivity contribution is 5.68. The van der Waals surface area contributed by atoms with Gasteiger partial charge in [-0.05, 0) is 37.5 Å². The van der Waals surface area contributed by atoms with Crippen molar-refractivity contribution in [3.63, 3.8) is 0 Å². The number of imidazole rings is 1. The summed E-state index contributed by atoms with van der Waals surface area (Å²) in [7, 11) is 0. The summed E-state index contributed by atoms with van der Waals surface area (Å²) in [5.41, 5.74) is 1.88. The van der Waals surface area contributed by atoms with Crippen molar-refractivity contribution in [2.75, 3.05) is 0 Å². The second kappa shape index (κ2) is 7.11. The first kappa shape index (κ1) is 16.5. The van der Waals surface area contributed by atoms with Crippen molar-refractivity contribution < 1.29 is 14.2 Å². The third-order valence-corrected chi connectivity index (χ3v) is 4.59. The molecule has 2 heterocycles. The van der Waals surface area contributed by atoms with Crippen LogP contribution in [0.2, 0.25) is 0 Å². The van der Waals surface area contributed by atoms with Gasteiger partial charge in [0.1, 0.15) is 18.0 Å². The highest BCUT2D eigenvalue weighted by Gasteiger charge is 2.26. The van der Waals surface area contributed by atoms with Crippen LogP contribution < -0.4 is 4.74 Å². The first-order chi connectivity index (χ1) is 12.7. The van der Waals surface area contributed by atoms with E-state index in [9.17, 15) is 9.50 Å². The minimum Gasteiger partial charge on any atom is -0.507 e. The molecule has 0 unspecified atom stereocenters.